The molecule has 0 fully saturated rings. The Hall–Kier alpha value is -2.42. The highest BCUT2D eigenvalue weighted by molar-refractivity contribution is 6.14. The lowest BCUT2D eigenvalue weighted by Crippen LogP contribution is -1.95. The summed E-state index contributed by atoms with van der Waals surface area (Å²) in [6, 6.07) is 12.5. The van der Waals surface area contributed by atoms with Crippen LogP contribution in [0.25, 0.3) is 33.2 Å². The smallest absolute Gasteiger partial charge is 0.220 e. The van der Waals surface area contributed by atoms with Gasteiger partial charge in [0.2, 0.25) is 5.95 Å². The van der Waals surface area contributed by atoms with Crippen LogP contribution >= 0.6 is 0 Å². The number of anilines is 1. The summed E-state index contributed by atoms with van der Waals surface area (Å²) in [7, 11) is 0. The predicted molar refractivity (Wildman–Crippen MR) is 68.4 cm³/mol. The molecule has 3 aromatic rings. The molecule has 0 saturated heterocycles. The topological polar surface area (TPSA) is 51.8 Å². The van der Waals surface area contributed by atoms with E-state index in [4.69, 9.17) is 5.73 Å². The molecule has 2 N–H and O–H groups in total. The van der Waals surface area contributed by atoms with Gasteiger partial charge in [-0.05, 0) is 16.3 Å². The number of rotatable bonds is 0. The number of hydrogen-bond donors (Lipinski definition) is 1. The van der Waals surface area contributed by atoms with Crippen LogP contribution in [0.1, 0.15) is 0 Å². The molecule has 4 rings (SSSR count). The zero-order valence-electron chi connectivity index (χ0n) is 9.01. The third-order valence-corrected chi connectivity index (χ3v) is 3.26. The van der Waals surface area contributed by atoms with E-state index in [1.807, 2.05) is 6.20 Å². The molecular formula is C14H9N3. The second-order valence-electron chi connectivity index (χ2n) is 4.20. The Labute approximate surface area is 97.9 Å². The average molecular weight is 219 g/mol. The van der Waals surface area contributed by atoms with E-state index in [9.17, 15) is 0 Å². The number of nitrogens with zero attached hydrogens (tertiary/aromatic N) is 2. The molecule has 3 heteroatoms. The average Bonchev–Trinajstić information content (AvgIpc) is 2.67. The summed E-state index contributed by atoms with van der Waals surface area (Å²) in [5, 5.41) is 2.49. The van der Waals surface area contributed by atoms with Gasteiger partial charge in [0.25, 0.3) is 0 Å². The highest BCUT2D eigenvalue weighted by Gasteiger charge is 2.22. The SMILES string of the molecule is Nc1ncc2c(n1)-c1cccc3cccc-2c13. The normalized spacial score (nSPS) is 11.8. The Kier molecular flexibility index (Phi) is 1.45. The van der Waals surface area contributed by atoms with E-state index in [0.717, 1.165) is 16.8 Å². The Morgan fingerprint density at radius 3 is 2.47 bits per heavy atom. The van der Waals surface area contributed by atoms with Crippen LogP contribution in [0.5, 0.6) is 0 Å². The lowest BCUT2D eigenvalue weighted by atomic mass is 10.0. The van der Waals surface area contributed by atoms with Gasteiger partial charge in [0, 0.05) is 17.3 Å². The van der Waals surface area contributed by atoms with E-state index in [1.165, 1.54) is 16.3 Å². The highest BCUT2D eigenvalue weighted by atomic mass is 15.0. The van der Waals surface area contributed by atoms with Crippen LogP contribution in [0.15, 0.2) is 42.6 Å². The molecule has 0 aliphatic heterocycles. The molecule has 0 unspecified atom stereocenters. The van der Waals surface area contributed by atoms with Crippen molar-refractivity contribution < 1.29 is 0 Å². The van der Waals surface area contributed by atoms with Crippen molar-refractivity contribution in [2.45, 2.75) is 0 Å². The molecule has 17 heavy (non-hydrogen) atoms. The summed E-state index contributed by atoms with van der Waals surface area (Å²) < 4.78 is 0. The van der Waals surface area contributed by atoms with Gasteiger partial charge >= 0.3 is 0 Å². The van der Waals surface area contributed by atoms with Crippen LogP contribution in [0.3, 0.4) is 0 Å². The molecule has 0 saturated carbocycles. The standard InChI is InChI=1S/C14H9N3/c15-14-16-7-11-9-5-1-3-8-4-2-6-10(12(8)9)13(11)17-14/h1-7H,(H2,15,16,17). The first-order valence-electron chi connectivity index (χ1n) is 5.49. The van der Waals surface area contributed by atoms with Crippen LogP contribution in [-0.4, -0.2) is 9.97 Å². The van der Waals surface area contributed by atoms with Gasteiger partial charge in [-0.1, -0.05) is 36.4 Å². The predicted octanol–water partition coefficient (Wildman–Crippen LogP) is 2.86. The zero-order valence-corrected chi connectivity index (χ0v) is 9.01. The molecule has 0 amide bonds. The fraction of sp³-hybridized carbons (Fsp3) is 0. The van der Waals surface area contributed by atoms with Crippen molar-refractivity contribution in [2.75, 3.05) is 5.73 Å². The molecule has 2 aromatic carbocycles. The second-order valence-corrected chi connectivity index (χ2v) is 4.20. The number of fused-ring (bicyclic) bond motifs is 3. The molecular weight excluding hydrogens is 210 g/mol. The number of hydrogen-bond acceptors (Lipinski definition) is 3. The van der Waals surface area contributed by atoms with Crippen LogP contribution in [0.2, 0.25) is 0 Å². The molecule has 1 heterocycles. The molecule has 3 nitrogen and oxygen atoms in total. The van der Waals surface area contributed by atoms with E-state index in [2.05, 4.69) is 46.4 Å². The molecule has 0 radical (unpaired) electrons. The van der Waals surface area contributed by atoms with Crippen molar-refractivity contribution in [1.29, 1.82) is 0 Å². The molecule has 80 valence electrons. The second kappa shape index (κ2) is 2.83. The number of benzene rings is 2. The molecule has 1 aromatic heterocycles. The lowest BCUT2D eigenvalue weighted by Gasteiger charge is -1.99. The van der Waals surface area contributed by atoms with Gasteiger partial charge < -0.3 is 5.73 Å². The first-order valence-corrected chi connectivity index (χ1v) is 5.49. The molecule has 0 bridgehead atoms. The van der Waals surface area contributed by atoms with Gasteiger partial charge in [-0.15, -0.1) is 0 Å². The fourth-order valence-electron chi connectivity index (χ4n) is 2.56. The van der Waals surface area contributed by atoms with E-state index in [0.29, 0.717) is 5.95 Å². The van der Waals surface area contributed by atoms with E-state index < -0.39 is 0 Å². The van der Waals surface area contributed by atoms with E-state index in [-0.39, 0.29) is 0 Å². The Bertz CT molecular complexity index is 757. The lowest BCUT2D eigenvalue weighted by molar-refractivity contribution is 1.20. The minimum atomic E-state index is 0.327. The number of aromatic nitrogens is 2. The van der Waals surface area contributed by atoms with Crippen LogP contribution in [0.4, 0.5) is 5.95 Å². The van der Waals surface area contributed by atoms with Gasteiger partial charge in [-0.2, -0.15) is 0 Å². The summed E-state index contributed by atoms with van der Waals surface area (Å²) in [6.07, 6.45) is 1.81. The number of nitrogen functional groups attached to an aromatic ring is 1. The highest BCUT2D eigenvalue weighted by Crippen LogP contribution is 2.45. The maximum atomic E-state index is 5.67. The minimum absolute atomic E-state index is 0.327. The van der Waals surface area contributed by atoms with Crippen molar-refractivity contribution in [1.82, 2.24) is 9.97 Å². The zero-order chi connectivity index (χ0) is 11.4. The molecule has 1 aliphatic carbocycles. The number of nitrogens with two attached hydrogens (primary N) is 1. The van der Waals surface area contributed by atoms with Crippen molar-refractivity contribution in [2.24, 2.45) is 0 Å². The third kappa shape index (κ3) is 1.00. The maximum Gasteiger partial charge on any atom is 0.220 e. The van der Waals surface area contributed by atoms with Gasteiger partial charge in [0.05, 0.1) is 5.69 Å². The summed E-state index contributed by atoms with van der Waals surface area (Å²) in [5.41, 5.74) is 10.1. The van der Waals surface area contributed by atoms with Gasteiger partial charge in [-0.25, -0.2) is 9.97 Å². The molecule has 0 spiro atoms. The molecule has 1 aliphatic rings. The summed E-state index contributed by atoms with van der Waals surface area (Å²) >= 11 is 0. The van der Waals surface area contributed by atoms with Gasteiger partial charge in [0.1, 0.15) is 0 Å². The Morgan fingerprint density at radius 1 is 0.882 bits per heavy atom. The van der Waals surface area contributed by atoms with Crippen molar-refractivity contribution >= 4 is 16.7 Å². The maximum absolute atomic E-state index is 5.67. The van der Waals surface area contributed by atoms with E-state index >= 15 is 0 Å². The van der Waals surface area contributed by atoms with Gasteiger partial charge in [0.15, 0.2) is 0 Å². The third-order valence-electron chi connectivity index (χ3n) is 3.26. The van der Waals surface area contributed by atoms with Crippen molar-refractivity contribution in [3.63, 3.8) is 0 Å². The van der Waals surface area contributed by atoms with Crippen LogP contribution in [0, 0.1) is 0 Å². The quantitative estimate of drug-likeness (QED) is 0.494. The summed E-state index contributed by atoms with van der Waals surface area (Å²) in [5.74, 6) is 0.327. The first kappa shape index (κ1) is 8.70. The fourth-order valence-corrected chi connectivity index (χ4v) is 2.56. The monoisotopic (exact) mass is 219 g/mol. The minimum Gasteiger partial charge on any atom is -0.368 e. The molecule has 0 atom stereocenters. The van der Waals surface area contributed by atoms with Crippen LogP contribution < -0.4 is 5.73 Å². The van der Waals surface area contributed by atoms with E-state index in [1.54, 1.807) is 0 Å². The largest absolute Gasteiger partial charge is 0.368 e. The summed E-state index contributed by atoms with van der Waals surface area (Å²) in [4.78, 5) is 8.45. The van der Waals surface area contributed by atoms with Gasteiger partial charge in [-0.3, -0.25) is 0 Å². The summed E-state index contributed by atoms with van der Waals surface area (Å²) in [6.45, 7) is 0. The van der Waals surface area contributed by atoms with Crippen LogP contribution in [-0.2, 0) is 0 Å². The van der Waals surface area contributed by atoms with Crippen molar-refractivity contribution in [3.8, 4) is 22.4 Å². The Morgan fingerprint density at radius 2 is 1.65 bits per heavy atom. The Balaban J connectivity index is 2.26. The first-order chi connectivity index (χ1) is 8.34. The van der Waals surface area contributed by atoms with Crippen molar-refractivity contribution in [3.05, 3.63) is 42.6 Å².